The van der Waals surface area contributed by atoms with Gasteiger partial charge >= 0.3 is 6.80 Å². The van der Waals surface area contributed by atoms with Gasteiger partial charge in [0, 0.05) is 17.9 Å². The minimum absolute atomic E-state index is 0.00748. The fourth-order valence-electron chi connectivity index (χ4n) is 7.68. The van der Waals surface area contributed by atoms with Crippen LogP contribution in [0.1, 0.15) is 90.0 Å². The first-order valence-corrected chi connectivity index (χ1v) is 16.0. The molecule has 0 N–H and O–H groups in total. The second-order valence-corrected chi connectivity index (χ2v) is 18.5. The Morgan fingerprint density at radius 3 is 1.69 bits per heavy atom. The van der Waals surface area contributed by atoms with Gasteiger partial charge < -0.3 is 9.47 Å². The summed E-state index contributed by atoms with van der Waals surface area (Å²) in [5, 5.41) is 0. The van der Waals surface area contributed by atoms with E-state index in [1.54, 1.807) is 0 Å². The van der Waals surface area contributed by atoms with Crippen molar-refractivity contribution in [1.29, 1.82) is 0 Å². The van der Waals surface area contributed by atoms with E-state index in [9.17, 15) is 4.57 Å². The highest BCUT2D eigenvalue weighted by molar-refractivity contribution is 8.44. The largest absolute Gasteiger partial charge is 0.386 e. The van der Waals surface area contributed by atoms with E-state index in [1.807, 2.05) is 6.92 Å². The average Bonchev–Trinajstić information content (AvgIpc) is 3.05. The fourth-order valence-corrected chi connectivity index (χ4v) is 9.51. The summed E-state index contributed by atoms with van der Waals surface area (Å²) in [7, 11) is 4.23. The highest BCUT2D eigenvalue weighted by atomic mass is 32.7. The van der Waals surface area contributed by atoms with E-state index in [2.05, 4.69) is 111 Å². The number of thiol groups is 1. The Morgan fingerprint density at radius 1 is 0.800 bits per heavy atom. The van der Waals surface area contributed by atoms with Crippen molar-refractivity contribution in [2.75, 3.05) is 6.61 Å². The standard InChI is InChI=1S/C26H53B2O5PS/c1-22(2,3)16-15(31-19(27)17(16)23(4,5)6)14-30-34(29,35)33-26(13)18(24(7,8)9)20(28)32-21(26)25(10,11)12/h15-21H,14,27-28H2,1-13H3,(H,29,35)/t15-,16?,17+,18+,19-,20-,21-,26?,34+/m1/s1. The molecule has 2 unspecified atom stereocenters. The zero-order valence-electron chi connectivity index (χ0n) is 25.2. The summed E-state index contributed by atoms with van der Waals surface area (Å²) in [4.78, 5) is 0. The predicted octanol–water partition coefficient (Wildman–Crippen LogP) is 5.57. The number of ether oxygens (including phenoxy) is 2. The molecule has 0 saturated carbocycles. The summed E-state index contributed by atoms with van der Waals surface area (Å²) < 4.78 is 39.2. The average molecular weight is 530 g/mol. The van der Waals surface area contributed by atoms with Crippen molar-refractivity contribution >= 4 is 34.7 Å². The molecule has 0 bridgehead atoms. The topological polar surface area (TPSA) is 54.0 Å². The van der Waals surface area contributed by atoms with Gasteiger partial charge in [-0.2, -0.15) is 0 Å². The third-order valence-electron chi connectivity index (χ3n) is 8.07. The minimum Gasteiger partial charge on any atom is -0.381 e. The Hall–Kier alpha value is 0.550. The molecule has 204 valence electrons. The van der Waals surface area contributed by atoms with Crippen molar-refractivity contribution in [2.45, 2.75) is 120 Å². The maximum atomic E-state index is 13.8. The monoisotopic (exact) mass is 530 g/mol. The molecule has 9 heteroatoms. The molecular formula is C26H53B2O5PS. The molecule has 0 amide bonds. The van der Waals surface area contributed by atoms with Crippen LogP contribution < -0.4 is 0 Å². The van der Waals surface area contributed by atoms with Crippen molar-refractivity contribution in [3.8, 4) is 0 Å². The van der Waals surface area contributed by atoms with Crippen molar-refractivity contribution < 1.29 is 23.1 Å². The van der Waals surface area contributed by atoms with Crippen LogP contribution in [0.5, 0.6) is 0 Å². The Bertz CT molecular complexity index is 798. The molecule has 0 radical (unpaired) electrons. The van der Waals surface area contributed by atoms with Crippen LogP contribution in [0.2, 0.25) is 0 Å². The zero-order chi connectivity index (χ0) is 27.6. The van der Waals surface area contributed by atoms with Gasteiger partial charge in [-0.1, -0.05) is 95.3 Å². The highest BCUT2D eigenvalue weighted by Crippen LogP contribution is 2.63. The molecule has 2 saturated heterocycles. The summed E-state index contributed by atoms with van der Waals surface area (Å²) in [6, 6.07) is 0.0413. The first-order valence-electron chi connectivity index (χ1n) is 13.3. The van der Waals surface area contributed by atoms with Crippen LogP contribution in [0.4, 0.5) is 0 Å². The molecule has 0 aromatic heterocycles. The summed E-state index contributed by atoms with van der Waals surface area (Å²) >= 11 is 4.49. The molecule has 2 aliphatic heterocycles. The summed E-state index contributed by atoms with van der Waals surface area (Å²) in [5.74, 6) is 0.619. The Morgan fingerprint density at radius 2 is 1.29 bits per heavy atom. The third-order valence-corrected chi connectivity index (χ3v) is 9.77. The van der Waals surface area contributed by atoms with Gasteiger partial charge in [0.1, 0.15) is 21.3 Å². The summed E-state index contributed by atoms with van der Waals surface area (Å²) in [6.07, 6.45) is -0.435. The lowest BCUT2D eigenvalue weighted by Gasteiger charge is -2.46. The van der Waals surface area contributed by atoms with Crippen molar-refractivity contribution in [2.24, 2.45) is 39.4 Å². The van der Waals surface area contributed by atoms with E-state index in [1.165, 1.54) is 0 Å². The third kappa shape index (κ3) is 6.95. The van der Waals surface area contributed by atoms with E-state index in [-0.39, 0.29) is 64.3 Å². The van der Waals surface area contributed by atoms with E-state index in [4.69, 9.17) is 18.5 Å². The molecule has 35 heavy (non-hydrogen) atoms. The lowest BCUT2D eigenvalue weighted by Crippen LogP contribution is -2.52. The van der Waals surface area contributed by atoms with Crippen LogP contribution in [0.3, 0.4) is 0 Å². The lowest BCUT2D eigenvalue weighted by atomic mass is 9.59. The maximum Gasteiger partial charge on any atom is 0.386 e. The molecule has 0 aromatic rings. The van der Waals surface area contributed by atoms with Crippen molar-refractivity contribution in [1.82, 2.24) is 0 Å². The lowest BCUT2D eigenvalue weighted by molar-refractivity contribution is -0.0882. The fraction of sp³-hybridized carbons (Fsp3) is 1.00. The number of hydrogen-bond acceptors (Lipinski definition) is 5. The van der Waals surface area contributed by atoms with Gasteiger partial charge in [-0.05, 0) is 40.4 Å². The summed E-state index contributed by atoms with van der Waals surface area (Å²) in [5.41, 5.74) is -1.07. The van der Waals surface area contributed by atoms with E-state index >= 15 is 0 Å². The normalized spacial score (nSPS) is 39.1. The van der Waals surface area contributed by atoms with Gasteiger partial charge in [-0.3, -0.25) is 9.05 Å². The van der Waals surface area contributed by atoms with Crippen molar-refractivity contribution in [3.63, 3.8) is 0 Å². The van der Waals surface area contributed by atoms with E-state index in [0.717, 1.165) is 0 Å². The van der Waals surface area contributed by atoms with Crippen LogP contribution in [0.15, 0.2) is 0 Å². The smallest absolute Gasteiger partial charge is 0.381 e. The Balaban J connectivity index is 2.32. The van der Waals surface area contributed by atoms with Gasteiger partial charge in [-0.15, -0.1) is 0 Å². The van der Waals surface area contributed by atoms with Crippen LogP contribution in [0.25, 0.3) is 0 Å². The van der Waals surface area contributed by atoms with Crippen LogP contribution in [-0.2, 0) is 23.1 Å². The second-order valence-electron chi connectivity index (χ2n) is 15.6. The Labute approximate surface area is 223 Å². The predicted molar refractivity (Wildman–Crippen MR) is 155 cm³/mol. The van der Waals surface area contributed by atoms with E-state index in [0.29, 0.717) is 5.92 Å². The molecule has 9 atom stereocenters. The summed E-state index contributed by atoms with van der Waals surface area (Å²) in [6.45, 7) is 25.0. The van der Waals surface area contributed by atoms with Gasteiger partial charge in [0.15, 0.2) is 0 Å². The molecule has 0 aromatic carbocycles. The van der Waals surface area contributed by atoms with Gasteiger partial charge in [0.05, 0.1) is 18.8 Å². The molecular weight excluding hydrogens is 477 g/mol. The second kappa shape index (κ2) is 9.94. The maximum absolute atomic E-state index is 13.8. The molecule has 2 aliphatic rings. The zero-order valence-corrected chi connectivity index (χ0v) is 27.0. The molecule has 5 nitrogen and oxygen atoms in total. The van der Waals surface area contributed by atoms with Gasteiger partial charge in [-0.25, -0.2) is 4.57 Å². The number of rotatable bonds is 5. The van der Waals surface area contributed by atoms with Crippen LogP contribution >= 0.6 is 19.0 Å². The van der Waals surface area contributed by atoms with Gasteiger partial charge in [0.25, 0.3) is 0 Å². The first-order chi connectivity index (χ1) is 15.3. The number of hydrogen-bond donors (Lipinski definition) is 1. The molecule has 0 aliphatic carbocycles. The molecule has 0 spiro atoms. The van der Waals surface area contributed by atoms with Crippen LogP contribution in [0, 0.1) is 39.4 Å². The first kappa shape index (κ1) is 31.8. The Kier molecular flexibility index (Phi) is 9.02. The van der Waals surface area contributed by atoms with Crippen molar-refractivity contribution in [3.05, 3.63) is 0 Å². The van der Waals surface area contributed by atoms with Gasteiger partial charge in [0.2, 0.25) is 0 Å². The molecule has 2 rings (SSSR count). The van der Waals surface area contributed by atoms with E-state index < -0.39 is 12.4 Å². The minimum atomic E-state index is -3.72. The molecule has 2 heterocycles. The molecule has 2 fully saturated rings. The van der Waals surface area contributed by atoms with Crippen LogP contribution in [-0.4, -0.2) is 52.1 Å². The quantitative estimate of drug-likeness (QED) is 0.287. The SMILES string of the molecule is B[C@@H]1O[C@H](CO[P@](=O)(S)OC2(C)[C@@H](C(C)(C)C)O[C@@H](B)[C@H]2C(C)(C)C)C(C(C)(C)C)[C@@H]1C(C)(C)C. The highest BCUT2D eigenvalue weighted by Gasteiger charge is 2.62.